The van der Waals surface area contributed by atoms with Gasteiger partial charge in [-0.05, 0) is 35.9 Å². The standard InChI is InChI=1S/C20H20N4O2/c1-13(25)24-6-4-14(5-7-24)20(26)23-19-9-17-8-15(18-10-21-11-18)2-3-16(17)12-22-19/h2-3,8-12,14H,4-7H2,1H3,(H,22,23,26). The normalized spacial score (nSPS) is 17.0. The van der Waals surface area contributed by atoms with Crippen LogP contribution < -0.4 is 5.32 Å². The third kappa shape index (κ3) is 3.22. The van der Waals surface area contributed by atoms with Crippen molar-refractivity contribution in [3.8, 4) is 0 Å². The average molecular weight is 348 g/mol. The minimum Gasteiger partial charge on any atom is -0.343 e. The summed E-state index contributed by atoms with van der Waals surface area (Å²) in [5.74, 6) is 0.531. The van der Waals surface area contributed by atoms with Gasteiger partial charge in [0.2, 0.25) is 11.8 Å². The number of allylic oxidation sites excluding steroid dienone is 1. The van der Waals surface area contributed by atoms with Crippen LogP contribution in [0, 0.1) is 5.92 Å². The molecule has 1 aromatic heterocycles. The fraction of sp³-hybridized carbons (Fsp3) is 0.300. The lowest BCUT2D eigenvalue weighted by Crippen LogP contribution is -2.40. The minimum atomic E-state index is -0.0780. The second-order valence-electron chi connectivity index (χ2n) is 6.76. The highest BCUT2D eigenvalue weighted by molar-refractivity contribution is 6.15. The van der Waals surface area contributed by atoms with Crippen LogP contribution in [0.15, 0.2) is 41.7 Å². The first-order valence-corrected chi connectivity index (χ1v) is 8.80. The van der Waals surface area contributed by atoms with E-state index in [9.17, 15) is 9.59 Å². The third-order valence-corrected chi connectivity index (χ3v) is 5.04. The zero-order valence-electron chi connectivity index (χ0n) is 14.6. The number of nitrogens with one attached hydrogen (secondary N) is 1. The van der Waals surface area contributed by atoms with Crippen molar-refractivity contribution in [1.29, 1.82) is 0 Å². The van der Waals surface area contributed by atoms with E-state index in [0.717, 1.165) is 21.9 Å². The second-order valence-corrected chi connectivity index (χ2v) is 6.76. The zero-order chi connectivity index (χ0) is 18.1. The molecule has 2 aromatic rings. The van der Waals surface area contributed by atoms with E-state index in [2.05, 4.69) is 21.4 Å². The van der Waals surface area contributed by atoms with Crippen molar-refractivity contribution in [2.45, 2.75) is 19.8 Å². The van der Waals surface area contributed by atoms with Gasteiger partial charge in [0.15, 0.2) is 0 Å². The molecule has 6 nitrogen and oxygen atoms in total. The van der Waals surface area contributed by atoms with Gasteiger partial charge in [0.05, 0.1) is 0 Å². The van der Waals surface area contributed by atoms with Crippen LogP contribution in [0.1, 0.15) is 25.3 Å². The number of fused-ring (bicyclic) bond motifs is 1. The Bertz CT molecular complexity index is 940. The molecule has 3 heterocycles. The maximum absolute atomic E-state index is 12.5. The summed E-state index contributed by atoms with van der Waals surface area (Å²) in [7, 11) is 0. The molecule has 132 valence electrons. The van der Waals surface area contributed by atoms with E-state index >= 15 is 0 Å². The first-order chi connectivity index (χ1) is 12.6. The number of benzene rings is 1. The molecule has 2 aliphatic rings. The van der Waals surface area contributed by atoms with E-state index < -0.39 is 0 Å². The number of hydrogen-bond donors (Lipinski definition) is 1. The van der Waals surface area contributed by atoms with E-state index in [4.69, 9.17) is 0 Å². The number of rotatable bonds is 3. The number of likely N-dealkylation sites (tertiary alicyclic amines) is 1. The number of amides is 2. The van der Waals surface area contributed by atoms with Crippen LogP contribution >= 0.6 is 0 Å². The molecule has 0 radical (unpaired) electrons. The van der Waals surface area contributed by atoms with Gasteiger partial charge in [-0.25, -0.2) is 4.98 Å². The quantitative estimate of drug-likeness (QED) is 0.927. The zero-order valence-corrected chi connectivity index (χ0v) is 14.6. The average Bonchev–Trinajstić information content (AvgIpc) is 2.60. The van der Waals surface area contributed by atoms with E-state index in [1.165, 1.54) is 0 Å². The molecule has 1 saturated heterocycles. The molecule has 1 aromatic carbocycles. The van der Waals surface area contributed by atoms with Crippen molar-refractivity contribution in [1.82, 2.24) is 9.88 Å². The SMILES string of the molecule is CC(=O)N1CCC(C(=O)Nc2cc3cc(C4=CN=C4)ccc3cn2)CC1. The fourth-order valence-electron chi connectivity index (χ4n) is 3.37. The fourth-order valence-corrected chi connectivity index (χ4v) is 3.37. The van der Waals surface area contributed by atoms with Gasteiger partial charge in [-0.15, -0.1) is 0 Å². The highest BCUT2D eigenvalue weighted by atomic mass is 16.2. The molecule has 0 aliphatic carbocycles. The molecule has 0 spiro atoms. The summed E-state index contributed by atoms with van der Waals surface area (Å²) >= 11 is 0. The molecule has 0 saturated carbocycles. The Morgan fingerprint density at radius 2 is 1.92 bits per heavy atom. The highest BCUT2D eigenvalue weighted by Gasteiger charge is 2.26. The van der Waals surface area contributed by atoms with Crippen LogP contribution in [0.3, 0.4) is 0 Å². The number of carbonyl (C=O) groups is 2. The lowest BCUT2D eigenvalue weighted by molar-refractivity contribution is -0.132. The summed E-state index contributed by atoms with van der Waals surface area (Å²) in [5.41, 5.74) is 2.21. The maximum atomic E-state index is 12.5. The Hall–Kier alpha value is -3.02. The van der Waals surface area contributed by atoms with Crippen molar-refractivity contribution < 1.29 is 9.59 Å². The van der Waals surface area contributed by atoms with E-state index in [-0.39, 0.29) is 17.7 Å². The van der Waals surface area contributed by atoms with Gasteiger partial charge >= 0.3 is 0 Å². The Balaban J connectivity index is 1.46. The van der Waals surface area contributed by atoms with Crippen molar-refractivity contribution in [3.63, 3.8) is 0 Å². The molecular weight excluding hydrogens is 328 g/mol. The topological polar surface area (TPSA) is 74.7 Å². The van der Waals surface area contributed by atoms with Gasteiger partial charge in [-0.3, -0.25) is 14.6 Å². The number of pyridine rings is 1. The first-order valence-electron chi connectivity index (χ1n) is 8.80. The summed E-state index contributed by atoms with van der Waals surface area (Å²) in [4.78, 5) is 34.1. The number of aliphatic imine (C=N–C) groups is 1. The summed E-state index contributed by atoms with van der Waals surface area (Å²) < 4.78 is 0. The van der Waals surface area contributed by atoms with Crippen LogP contribution in [0.4, 0.5) is 5.82 Å². The molecule has 1 N–H and O–H groups in total. The van der Waals surface area contributed by atoms with Crippen LogP contribution in [-0.4, -0.2) is 41.0 Å². The smallest absolute Gasteiger partial charge is 0.228 e. The molecule has 0 bridgehead atoms. The third-order valence-electron chi connectivity index (χ3n) is 5.04. The minimum absolute atomic E-state index is 0.0231. The van der Waals surface area contributed by atoms with Crippen LogP contribution in [-0.2, 0) is 9.59 Å². The lowest BCUT2D eigenvalue weighted by atomic mass is 9.96. The Morgan fingerprint density at radius 3 is 2.58 bits per heavy atom. The highest BCUT2D eigenvalue weighted by Crippen LogP contribution is 2.25. The molecular formula is C20H20N4O2. The molecule has 4 rings (SSSR count). The molecule has 6 heteroatoms. The summed E-state index contributed by atoms with van der Waals surface area (Å²) in [5, 5.41) is 4.98. The summed E-state index contributed by atoms with van der Waals surface area (Å²) in [6.07, 6.45) is 6.82. The predicted molar refractivity (Wildman–Crippen MR) is 102 cm³/mol. The number of nitrogens with zero attached hydrogens (tertiary/aromatic N) is 3. The van der Waals surface area contributed by atoms with Gasteiger partial charge in [0, 0.05) is 55.5 Å². The van der Waals surface area contributed by atoms with Crippen LogP contribution in [0.5, 0.6) is 0 Å². The maximum Gasteiger partial charge on any atom is 0.228 e. The van der Waals surface area contributed by atoms with Gasteiger partial charge in [-0.1, -0.05) is 12.1 Å². The number of carbonyl (C=O) groups excluding carboxylic acids is 2. The molecule has 1 fully saturated rings. The monoisotopic (exact) mass is 348 g/mol. The number of hydrogen-bond acceptors (Lipinski definition) is 4. The number of anilines is 1. The van der Waals surface area contributed by atoms with Gasteiger partial charge in [-0.2, -0.15) is 0 Å². The Kier molecular flexibility index (Phi) is 4.24. The Labute approximate surface area is 151 Å². The summed E-state index contributed by atoms with van der Waals surface area (Å²) in [6.45, 7) is 2.84. The molecule has 0 atom stereocenters. The molecule has 2 aliphatic heterocycles. The van der Waals surface area contributed by atoms with Gasteiger partial charge < -0.3 is 10.2 Å². The first kappa shape index (κ1) is 16.4. The van der Waals surface area contributed by atoms with Crippen molar-refractivity contribution in [3.05, 3.63) is 42.2 Å². The second kappa shape index (κ2) is 6.71. The molecule has 2 amide bonds. The van der Waals surface area contributed by atoms with E-state index in [1.807, 2.05) is 30.6 Å². The molecule has 0 unspecified atom stereocenters. The van der Waals surface area contributed by atoms with Crippen molar-refractivity contribution in [2.75, 3.05) is 18.4 Å². The van der Waals surface area contributed by atoms with Gasteiger partial charge in [0.25, 0.3) is 0 Å². The van der Waals surface area contributed by atoms with E-state index in [1.54, 1.807) is 18.0 Å². The molecule has 26 heavy (non-hydrogen) atoms. The van der Waals surface area contributed by atoms with Crippen LogP contribution in [0.25, 0.3) is 16.3 Å². The largest absolute Gasteiger partial charge is 0.343 e. The predicted octanol–water partition coefficient (Wildman–Crippen LogP) is 2.86. The van der Waals surface area contributed by atoms with E-state index in [0.29, 0.717) is 31.7 Å². The number of aromatic nitrogens is 1. The summed E-state index contributed by atoms with van der Waals surface area (Å²) in [6, 6.07) is 8.04. The van der Waals surface area contributed by atoms with Gasteiger partial charge in [0.1, 0.15) is 5.82 Å². The van der Waals surface area contributed by atoms with Crippen molar-refractivity contribution >= 4 is 40.2 Å². The Morgan fingerprint density at radius 1 is 1.15 bits per heavy atom. The lowest BCUT2D eigenvalue weighted by Gasteiger charge is -2.30. The van der Waals surface area contributed by atoms with Crippen LogP contribution in [0.2, 0.25) is 0 Å². The number of piperidine rings is 1. The van der Waals surface area contributed by atoms with Crippen molar-refractivity contribution in [2.24, 2.45) is 10.9 Å².